The van der Waals surface area contributed by atoms with E-state index in [2.05, 4.69) is 10.3 Å². The Morgan fingerprint density at radius 1 is 1.47 bits per heavy atom. The van der Waals surface area contributed by atoms with Gasteiger partial charge in [-0.25, -0.2) is 0 Å². The van der Waals surface area contributed by atoms with Gasteiger partial charge in [-0.3, -0.25) is 9.78 Å². The number of pyridine rings is 1. The average molecular weight is 206 g/mol. The van der Waals surface area contributed by atoms with Crippen molar-refractivity contribution in [1.82, 2.24) is 10.3 Å². The zero-order valence-corrected chi connectivity index (χ0v) is 9.36. The number of aromatic nitrogens is 1. The van der Waals surface area contributed by atoms with Crippen LogP contribution >= 0.6 is 0 Å². The van der Waals surface area contributed by atoms with Gasteiger partial charge in [0, 0.05) is 31.3 Å². The van der Waals surface area contributed by atoms with Crippen molar-refractivity contribution in [3.8, 4) is 0 Å². The lowest BCUT2D eigenvalue weighted by Gasteiger charge is -2.10. The zero-order valence-electron chi connectivity index (χ0n) is 9.36. The van der Waals surface area contributed by atoms with Gasteiger partial charge in [0.2, 0.25) is 0 Å². The molecule has 1 rings (SSSR count). The molecule has 0 aromatic carbocycles. The van der Waals surface area contributed by atoms with Crippen molar-refractivity contribution >= 4 is 5.78 Å². The van der Waals surface area contributed by atoms with E-state index < -0.39 is 0 Å². The largest absolute Gasteiger partial charge is 0.314 e. The van der Waals surface area contributed by atoms with Gasteiger partial charge < -0.3 is 5.32 Å². The van der Waals surface area contributed by atoms with Gasteiger partial charge in [0.15, 0.2) is 0 Å². The topological polar surface area (TPSA) is 42.0 Å². The Morgan fingerprint density at radius 2 is 2.13 bits per heavy atom. The van der Waals surface area contributed by atoms with Crippen LogP contribution in [0.15, 0.2) is 24.5 Å². The standard InChI is InChI=1S/C12H18N2O/c1-3-14-10(2)8-12(15)9-11-4-6-13-7-5-11/h4-7,10,14H,3,8-9H2,1-2H3. The van der Waals surface area contributed by atoms with Crippen LogP contribution < -0.4 is 5.32 Å². The summed E-state index contributed by atoms with van der Waals surface area (Å²) in [6.45, 7) is 4.99. The summed E-state index contributed by atoms with van der Waals surface area (Å²) in [7, 11) is 0. The van der Waals surface area contributed by atoms with Crippen LogP contribution in [0, 0.1) is 0 Å². The third kappa shape index (κ3) is 4.70. The number of rotatable bonds is 6. The number of hydrogen-bond donors (Lipinski definition) is 1. The third-order valence-electron chi connectivity index (χ3n) is 2.24. The molecule has 1 aromatic rings. The smallest absolute Gasteiger partial charge is 0.138 e. The number of hydrogen-bond acceptors (Lipinski definition) is 3. The molecule has 0 bridgehead atoms. The lowest BCUT2D eigenvalue weighted by atomic mass is 10.1. The molecule has 0 aliphatic heterocycles. The van der Waals surface area contributed by atoms with Crippen molar-refractivity contribution in [3.05, 3.63) is 30.1 Å². The van der Waals surface area contributed by atoms with Crippen LogP contribution in [-0.2, 0) is 11.2 Å². The summed E-state index contributed by atoms with van der Waals surface area (Å²) in [6.07, 6.45) is 4.54. The summed E-state index contributed by atoms with van der Waals surface area (Å²) >= 11 is 0. The van der Waals surface area contributed by atoms with Crippen molar-refractivity contribution in [2.75, 3.05) is 6.54 Å². The van der Waals surface area contributed by atoms with Crippen molar-refractivity contribution in [2.24, 2.45) is 0 Å². The van der Waals surface area contributed by atoms with Crippen LogP contribution in [-0.4, -0.2) is 23.4 Å². The summed E-state index contributed by atoms with van der Waals surface area (Å²) in [4.78, 5) is 15.6. The normalized spacial score (nSPS) is 12.4. The second-order valence-corrected chi connectivity index (χ2v) is 3.73. The van der Waals surface area contributed by atoms with Gasteiger partial charge in [-0.15, -0.1) is 0 Å². The molecule has 1 N–H and O–H groups in total. The van der Waals surface area contributed by atoms with Crippen LogP contribution in [0.1, 0.15) is 25.8 Å². The number of carbonyl (C=O) groups excluding carboxylic acids is 1. The van der Waals surface area contributed by atoms with E-state index >= 15 is 0 Å². The highest BCUT2D eigenvalue weighted by atomic mass is 16.1. The molecule has 0 aliphatic carbocycles. The molecule has 0 aliphatic rings. The van der Waals surface area contributed by atoms with E-state index in [-0.39, 0.29) is 11.8 Å². The first-order chi connectivity index (χ1) is 7.22. The SMILES string of the molecule is CCNC(C)CC(=O)Cc1ccncc1. The summed E-state index contributed by atoms with van der Waals surface area (Å²) in [5.74, 6) is 0.273. The molecule has 1 atom stereocenters. The maximum absolute atomic E-state index is 11.6. The van der Waals surface area contributed by atoms with E-state index in [0.717, 1.165) is 12.1 Å². The molecule has 15 heavy (non-hydrogen) atoms. The van der Waals surface area contributed by atoms with Crippen molar-refractivity contribution in [2.45, 2.75) is 32.7 Å². The van der Waals surface area contributed by atoms with Crippen molar-refractivity contribution < 1.29 is 4.79 Å². The quantitative estimate of drug-likeness (QED) is 0.768. The number of Topliss-reactive ketones (excluding diaryl/α,β-unsaturated/α-hetero) is 1. The first-order valence-corrected chi connectivity index (χ1v) is 5.36. The monoisotopic (exact) mass is 206 g/mol. The van der Waals surface area contributed by atoms with Gasteiger partial charge in [-0.1, -0.05) is 6.92 Å². The maximum atomic E-state index is 11.6. The molecular weight excluding hydrogens is 188 g/mol. The third-order valence-corrected chi connectivity index (χ3v) is 2.24. The maximum Gasteiger partial charge on any atom is 0.138 e. The van der Waals surface area contributed by atoms with Crippen molar-refractivity contribution in [1.29, 1.82) is 0 Å². The number of carbonyl (C=O) groups is 1. The molecule has 1 unspecified atom stereocenters. The fraction of sp³-hybridized carbons (Fsp3) is 0.500. The van der Waals surface area contributed by atoms with E-state index in [0.29, 0.717) is 12.8 Å². The lowest BCUT2D eigenvalue weighted by molar-refractivity contribution is -0.118. The Kier molecular flexibility index (Phi) is 4.98. The predicted octanol–water partition coefficient (Wildman–Crippen LogP) is 1.58. The molecule has 1 aromatic heterocycles. The lowest BCUT2D eigenvalue weighted by Crippen LogP contribution is -2.28. The zero-order chi connectivity index (χ0) is 11.1. The predicted molar refractivity (Wildman–Crippen MR) is 60.7 cm³/mol. The highest BCUT2D eigenvalue weighted by molar-refractivity contribution is 5.81. The first-order valence-electron chi connectivity index (χ1n) is 5.36. The van der Waals surface area contributed by atoms with Crippen LogP contribution in [0.3, 0.4) is 0 Å². The highest BCUT2D eigenvalue weighted by Gasteiger charge is 2.08. The molecule has 1 heterocycles. The van der Waals surface area contributed by atoms with Gasteiger partial charge in [-0.05, 0) is 31.2 Å². The van der Waals surface area contributed by atoms with E-state index in [1.165, 1.54) is 0 Å². The van der Waals surface area contributed by atoms with Gasteiger partial charge in [0.05, 0.1) is 0 Å². The van der Waals surface area contributed by atoms with Crippen LogP contribution in [0.2, 0.25) is 0 Å². The number of nitrogens with one attached hydrogen (secondary N) is 1. The number of ketones is 1. The fourth-order valence-corrected chi connectivity index (χ4v) is 1.56. The average Bonchev–Trinajstić information content (AvgIpc) is 2.19. The minimum absolute atomic E-state index is 0.268. The van der Waals surface area contributed by atoms with Crippen LogP contribution in [0.4, 0.5) is 0 Å². The van der Waals surface area contributed by atoms with Crippen LogP contribution in [0.5, 0.6) is 0 Å². The van der Waals surface area contributed by atoms with Gasteiger partial charge in [0.1, 0.15) is 5.78 Å². The first kappa shape index (κ1) is 11.9. The molecule has 3 heteroatoms. The molecule has 0 amide bonds. The Bertz CT molecular complexity index is 298. The fourth-order valence-electron chi connectivity index (χ4n) is 1.56. The highest BCUT2D eigenvalue weighted by Crippen LogP contribution is 2.02. The van der Waals surface area contributed by atoms with E-state index in [1.807, 2.05) is 26.0 Å². The second kappa shape index (κ2) is 6.30. The van der Waals surface area contributed by atoms with Gasteiger partial charge >= 0.3 is 0 Å². The van der Waals surface area contributed by atoms with E-state index in [9.17, 15) is 4.79 Å². The van der Waals surface area contributed by atoms with Gasteiger partial charge in [0.25, 0.3) is 0 Å². The minimum atomic E-state index is 0.268. The summed E-state index contributed by atoms with van der Waals surface area (Å²) in [5, 5.41) is 3.23. The molecule has 0 spiro atoms. The number of nitrogens with zero attached hydrogens (tertiary/aromatic N) is 1. The molecule has 3 nitrogen and oxygen atoms in total. The van der Waals surface area contributed by atoms with Crippen molar-refractivity contribution in [3.63, 3.8) is 0 Å². The van der Waals surface area contributed by atoms with E-state index in [1.54, 1.807) is 12.4 Å². The molecular formula is C12H18N2O. The molecule has 0 saturated heterocycles. The van der Waals surface area contributed by atoms with E-state index in [4.69, 9.17) is 0 Å². The summed E-state index contributed by atoms with van der Waals surface area (Å²) in [6, 6.07) is 4.04. The summed E-state index contributed by atoms with van der Waals surface area (Å²) < 4.78 is 0. The Hall–Kier alpha value is -1.22. The molecule has 0 fully saturated rings. The minimum Gasteiger partial charge on any atom is -0.314 e. The second-order valence-electron chi connectivity index (χ2n) is 3.73. The Labute approximate surface area is 90.9 Å². The Balaban J connectivity index is 2.36. The Morgan fingerprint density at radius 3 is 2.73 bits per heavy atom. The molecule has 82 valence electrons. The summed E-state index contributed by atoms with van der Waals surface area (Å²) in [5.41, 5.74) is 1.04. The molecule has 0 saturated carbocycles. The van der Waals surface area contributed by atoms with Crippen LogP contribution in [0.25, 0.3) is 0 Å². The molecule has 0 radical (unpaired) electrons. The van der Waals surface area contributed by atoms with Gasteiger partial charge in [-0.2, -0.15) is 0 Å².